The van der Waals surface area contributed by atoms with E-state index in [2.05, 4.69) is 0 Å². The summed E-state index contributed by atoms with van der Waals surface area (Å²) in [5.74, 6) is -0.847. The van der Waals surface area contributed by atoms with Gasteiger partial charge >= 0.3 is 12.1 Å². The molecular formula is C10H21N3O4. The maximum Gasteiger partial charge on any atom is 0.407 e. The molecule has 0 aromatic carbocycles. The lowest BCUT2D eigenvalue weighted by Gasteiger charge is -2.22. The molecule has 0 radical (unpaired) electrons. The summed E-state index contributed by atoms with van der Waals surface area (Å²) in [7, 11) is 5.14. The molecule has 0 aromatic heterocycles. The lowest BCUT2D eigenvalue weighted by Crippen LogP contribution is -2.38. The Morgan fingerprint density at radius 1 is 0.882 bits per heavy atom. The van der Waals surface area contributed by atoms with Crippen molar-refractivity contribution >= 4 is 12.1 Å². The van der Waals surface area contributed by atoms with Crippen LogP contribution >= 0.6 is 0 Å². The van der Waals surface area contributed by atoms with Gasteiger partial charge in [0.05, 0.1) is 6.54 Å². The van der Waals surface area contributed by atoms with Crippen molar-refractivity contribution in [3.05, 3.63) is 0 Å². The number of nitrogens with zero attached hydrogens (tertiary/aromatic N) is 3. The largest absolute Gasteiger partial charge is 0.480 e. The normalized spacial score (nSPS) is 10.9. The van der Waals surface area contributed by atoms with E-state index in [0.29, 0.717) is 26.2 Å². The fourth-order valence-electron chi connectivity index (χ4n) is 1.18. The molecular weight excluding hydrogens is 226 g/mol. The molecule has 0 saturated heterocycles. The van der Waals surface area contributed by atoms with Gasteiger partial charge in [-0.15, -0.1) is 0 Å². The molecule has 100 valence electrons. The molecule has 0 atom stereocenters. The van der Waals surface area contributed by atoms with Gasteiger partial charge in [-0.05, 0) is 14.1 Å². The molecule has 0 aliphatic heterocycles. The molecule has 0 spiro atoms. The summed E-state index contributed by atoms with van der Waals surface area (Å²) in [6.45, 7) is 2.43. The van der Waals surface area contributed by atoms with Crippen LogP contribution in [0.4, 0.5) is 4.79 Å². The van der Waals surface area contributed by atoms with Gasteiger partial charge in [0.15, 0.2) is 0 Å². The third-order valence-corrected chi connectivity index (χ3v) is 2.41. The Labute approximate surface area is 101 Å². The van der Waals surface area contributed by atoms with Crippen molar-refractivity contribution in [2.24, 2.45) is 0 Å². The zero-order chi connectivity index (χ0) is 13.4. The van der Waals surface area contributed by atoms with Crippen LogP contribution in [0.25, 0.3) is 0 Å². The fourth-order valence-corrected chi connectivity index (χ4v) is 1.18. The summed E-state index contributed by atoms with van der Waals surface area (Å²) in [6, 6.07) is 0. The Bertz CT molecular complexity index is 260. The van der Waals surface area contributed by atoms with Crippen LogP contribution in [0.2, 0.25) is 0 Å². The molecule has 0 heterocycles. The van der Waals surface area contributed by atoms with Gasteiger partial charge < -0.3 is 20.0 Å². The van der Waals surface area contributed by atoms with Gasteiger partial charge in [0.2, 0.25) is 0 Å². The van der Waals surface area contributed by atoms with E-state index in [1.54, 1.807) is 11.9 Å². The summed E-state index contributed by atoms with van der Waals surface area (Å²) in [5, 5.41) is 17.2. The minimum absolute atomic E-state index is 0.0167. The predicted octanol–water partition coefficient (Wildman–Crippen LogP) is -0.456. The van der Waals surface area contributed by atoms with Crippen LogP contribution in [0, 0.1) is 0 Å². The summed E-state index contributed by atoms with van der Waals surface area (Å²) < 4.78 is 0. The van der Waals surface area contributed by atoms with E-state index in [9.17, 15) is 9.59 Å². The molecule has 0 aliphatic rings. The van der Waals surface area contributed by atoms with Gasteiger partial charge in [-0.2, -0.15) is 0 Å². The van der Waals surface area contributed by atoms with Crippen LogP contribution in [0.15, 0.2) is 0 Å². The van der Waals surface area contributed by atoms with Gasteiger partial charge in [0.25, 0.3) is 0 Å². The lowest BCUT2D eigenvalue weighted by atomic mass is 10.4. The molecule has 7 nitrogen and oxygen atoms in total. The highest BCUT2D eigenvalue weighted by molar-refractivity contribution is 5.69. The second-order valence-corrected chi connectivity index (χ2v) is 4.14. The SMILES string of the molecule is CN(CCN(C)CC(=O)O)CCN(C)C(=O)O. The molecule has 1 amide bonds. The molecule has 0 saturated carbocycles. The van der Waals surface area contributed by atoms with E-state index < -0.39 is 12.1 Å². The molecule has 17 heavy (non-hydrogen) atoms. The number of amides is 1. The minimum atomic E-state index is -0.943. The number of aliphatic carboxylic acids is 1. The average molecular weight is 247 g/mol. The molecule has 0 fully saturated rings. The molecule has 0 bridgehead atoms. The van der Waals surface area contributed by atoms with Crippen molar-refractivity contribution in [2.45, 2.75) is 0 Å². The van der Waals surface area contributed by atoms with Crippen LogP contribution in [0.1, 0.15) is 0 Å². The monoisotopic (exact) mass is 247 g/mol. The average Bonchev–Trinajstić information content (AvgIpc) is 2.21. The Kier molecular flexibility index (Phi) is 7.24. The van der Waals surface area contributed by atoms with Gasteiger partial charge in [-0.3, -0.25) is 9.69 Å². The second kappa shape index (κ2) is 7.86. The first-order valence-electron chi connectivity index (χ1n) is 5.36. The zero-order valence-corrected chi connectivity index (χ0v) is 10.6. The van der Waals surface area contributed by atoms with E-state index in [-0.39, 0.29) is 6.54 Å². The fraction of sp³-hybridized carbons (Fsp3) is 0.800. The van der Waals surface area contributed by atoms with Gasteiger partial charge in [0.1, 0.15) is 0 Å². The van der Waals surface area contributed by atoms with Crippen LogP contribution in [0.3, 0.4) is 0 Å². The van der Waals surface area contributed by atoms with Crippen LogP contribution in [-0.4, -0.2) is 90.8 Å². The summed E-state index contributed by atoms with van der Waals surface area (Å²) in [6.07, 6.45) is -0.943. The van der Waals surface area contributed by atoms with Crippen LogP contribution in [-0.2, 0) is 4.79 Å². The molecule has 0 aromatic rings. The smallest absolute Gasteiger partial charge is 0.407 e. The van der Waals surface area contributed by atoms with Crippen molar-refractivity contribution in [3.8, 4) is 0 Å². The molecule has 0 unspecified atom stereocenters. The number of carboxylic acid groups (broad SMARTS) is 2. The number of rotatable bonds is 8. The number of hydrogen-bond donors (Lipinski definition) is 2. The van der Waals surface area contributed by atoms with E-state index in [4.69, 9.17) is 10.2 Å². The van der Waals surface area contributed by atoms with Gasteiger partial charge in [-0.1, -0.05) is 0 Å². The first kappa shape index (κ1) is 15.7. The summed E-state index contributed by atoms with van der Waals surface area (Å²) in [5.41, 5.74) is 0. The highest BCUT2D eigenvalue weighted by atomic mass is 16.4. The maximum atomic E-state index is 10.5. The molecule has 0 rings (SSSR count). The number of carboxylic acids is 1. The molecule has 7 heteroatoms. The summed E-state index contributed by atoms with van der Waals surface area (Å²) >= 11 is 0. The maximum absolute atomic E-state index is 10.5. The Morgan fingerprint density at radius 3 is 1.82 bits per heavy atom. The predicted molar refractivity (Wildman–Crippen MR) is 63.3 cm³/mol. The van der Waals surface area contributed by atoms with Crippen LogP contribution in [0.5, 0.6) is 0 Å². The highest BCUT2D eigenvalue weighted by Gasteiger charge is 2.08. The van der Waals surface area contributed by atoms with Crippen molar-refractivity contribution in [1.82, 2.24) is 14.7 Å². The Hall–Kier alpha value is -1.34. The summed E-state index contributed by atoms with van der Waals surface area (Å²) in [4.78, 5) is 25.8. The van der Waals surface area contributed by atoms with E-state index >= 15 is 0 Å². The quantitative estimate of drug-likeness (QED) is 0.604. The second-order valence-electron chi connectivity index (χ2n) is 4.14. The molecule has 0 aliphatic carbocycles. The van der Waals surface area contributed by atoms with Gasteiger partial charge in [0, 0.05) is 33.2 Å². The first-order chi connectivity index (χ1) is 7.82. The third kappa shape index (κ3) is 8.47. The van der Waals surface area contributed by atoms with E-state index in [1.807, 2.05) is 11.9 Å². The number of hydrogen-bond acceptors (Lipinski definition) is 4. The topological polar surface area (TPSA) is 84.3 Å². The van der Waals surface area contributed by atoms with Crippen molar-refractivity contribution in [3.63, 3.8) is 0 Å². The molecule has 2 N–H and O–H groups in total. The van der Waals surface area contributed by atoms with Crippen LogP contribution < -0.4 is 0 Å². The van der Waals surface area contributed by atoms with Crippen molar-refractivity contribution in [2.75, 3.05) is 53.9 Å². The van der Waals surface area contributed by atoms with E-state index in [0.717, 1.165) is 0 Å². The number of carbonyl (C=O) groups is 2. The first-order valence-corrected chi connectivity index (χ1v) is 5.36. The van der Waals surface area contributed by atoms with Crippen molar-refractivity contribution < 1.29 is 19.8 Å². The third-order valence-electron chi connectivity index (χ3n) is 2.41. The zero-order valence-electron chi connectivity index (χ0n) is 10.6. The Morgan fingerprint density at radius 2 is 1.35 bits per heavy atom. The van der Waals surface area contributed by atoms with E-state index in [1.165, 1.54) is 11.9 Å². The lowest BCUT2D eigenvalue weighted by molar-refractivity contribution is -0.138. The number of likely N-dealkylation sites (N-methyl/N-ethyl adjacent to an activating group) is 3. The van der Waals surface area contributed by atoms with Crippen molar-refractivity contribution in [1.29, 1.82) is 0 Å². The standard InChI is InChI=1S/C10H21N3O4/c1-11(6-7-13(3)10(16)17)4-5-12(2)8-9(14)15/h4-8H2,1-3H3,(H,14,15)(H,16,17). The highest BCUT2D eigenvalue weighted by Crippen LogP contribution is 1.89. The van der Waals surface area contributed by atoms with Gasteiger partial charge in [-0.25, -0.2) is 4.79 Å². The Balaban J connectivity index is 3.69. The minimum Gasteiger partial charge on any atom is -0.480 e.